The number of carbonyl (C=O) groups is 1. The van der Waals surface area contributed by atoms with E-state index in [0.29, 0.717) is 5.56 Å². The smallest absolute Gasteiger partial charge is 0.253 e. The molecule has 1 aromatic rings. The zero-order valence-corrected chi connectivity index (χ0v) is 16.1. The minimum absolute atomic E-state index is 0.0234. The first-order valence-electron chi connectivity index (χ1n) is 5.57. The largest absolute Gasteiger partial charge is 0.349 e. The van der Waals surface area contributed by atoms with Crippen molar-refractivity contribution in [1.29, 1.82) is 0 Å². The predicted octanol–water partition coefficient (Wildman–Crippen LogP) is 5.20. The average molecular weight is 462 g/mol. The summed E-state index contributed by atoms with van der Waals surface area (Å²) in [5.41, 5.74) is 0.735. The van der Waals surface area contributed by atoms with Crippen molar-refractivity contribution in [2.24, 2.45) is 5.41 Å². The van der Waals surface area contributed by atoms with Gasteiger partial charge in [0.1, 0.15) is 0 Å². The molecule has 0 saturated carbocycles. The second kappa shape index (κ2) is 6.86. The number of carbonyl (C=O) groups excluding carboxylic acids is 1. The van der Waals surface area contributed by atoms with E-state index in [1.165, 1.54) is 11.3 Å². The summed E-state index contributed by atoms with van der Waals surface area (Å²) in [5.74, 6) is -0.0234. The van der Waals surface area contributed by atoms with Gasteiger partial charge in [-0.25, -0.2) is 0 Å². The normalized spacial score (nSPS) is 13.4. The molecule has 102 valence electrons. The van der Waals surface area contributed by atoms with Crippen LogP contribution in [-0.2, 0) is 0 Å². The summed E-state index contributed by atoms with van der Waals surface area (Å²) in [6, 6.07) is 1.99. The Hall–Kier alpha value is 0.610. The Balaban J connectivity index is 2.82. The van der Waals surface area contributed by atoms with Gasteiger partial charge in [-0.1, -0.05) is 36.7 Å². The third-order valence-electron chi connectivity index (χ3n) is 2.65. The lowest BCUT2D eigenvalue weighted by atomic mass is 9.85. The van der Waals surface area contributed by atoms with E-state index in [4.69, 9.17) is 0 Å². The zero-order valence-electron chi connectivity index (χ0n) is 10.5. The van der Waals surface area contributed by atoms with Crippen LogP contribution < -0.4 is 5.32 Å². The summed E-state index contributed by atoms with van der Waals surface area (Å²) in [4.78, 5) is 12.2. The first-order chi connectivity index (χ1) is 8.25. The van der Waals surface area contributed by atoms with Gasteiger partial charge in [0.05, 0.1) is 13.1 Å². The lowest BCUT2D eigenvalue weighted by molar-refractivity contribution is 0.0900. The van der Waals surface area contributed by atoms with Crippen LogP contribution in [0.15, 0.2) is 13.6 Å². The second-order valence-electron chi connectivity index (χ2n) is 5.11. The Bertz CT molecular complexity index is 425. The molecule has 1 aromatic heterocycles. The molecule has 0 aliphatic heterocycles. The number of hydrogen-bond acceptors (Lipinski definition) is 2. The minimum atomic E-state index is -0.0234. The van der Waals surface area contributed by atoms with E-state index < -0.39 is 0 Å². The SMILES string of the molecule is CC(C)(C)C(CCBr)NC(=O)c1cc(Br)sc1Br. The van der Waals surface area contributed by atoms with Crippen LogP contribution in [0.2, 0.25) is 0 Å². The van der Waals surface area contributed by atoms with Gasteiger partial charge >= 0.3 is 0 Å². The standard InChI is InChI=1S/C12H16Br3NOS/c1-12(2,3)8(4-5-13)16-11(17)7-6-9(14)18-10(7)15/h6,8H,4-5H2,1-3H3,(H,16,17). The molecule has 1 heterocycles. The molecular weight excluding hydrogens is 446 g/mol. The molecule has 0 aliphatic carbocycles. The van der Waals surface area contributed by atoms with Crippen LogP contribution in [-0.4, -0.2) is 17.3 Å². The third kappa shape index (κ3) is 4.62. The maximum Gasteiger partial charge on any atom is 0.253 e. The van der Waals surface area contributed by atoms with E-state index in [2.05, 4.69) is 73.9 Å². The molecule has 0 aromatic carbocycles. The van der Waals surface area contributed by atoms with Crippen LogP contribution in [0.4, 0.5) is 0 Å². The highest BCUT2D eigenvalue weighted by Gasteiger charge is 2.27. The summed E-state index contributed by atoms with van der Waals surface area (Å²) in [6.45, 7) is 6.41. The molecule has 1 atom stereocenters. The highest BCUT2D eigenvalue weighted by atomic mass is 79.9. The Morgan fingerprint density at radius 3 is 2.44 bits per heavy atom. The first kappa shape index (κ1) is 16.7. The molecule has 1 rings (SSSR count). The molecule has 0 aliphatic rings. The molecule has 0 bridgehead atoms. The van der Waals surface area contributed by atoms with E-state index >= 15 is 0 Å². The van der Waals surface area contributed by atoms with Gasteiger partial charge in [0.25, 0.3) is 5.91 Å². The topological polar surface area (TPSA) is 29.1 Å². The Morgan fingerprint density at radius 1 is 1.44 bits per heavy atom. The van der Waals surface area contributed by atoms with Crippen LogP contribution in [0.5, 0.6) is 0 Å². The molecule has 1 unspecified atom stereocenters. The van der Waals surface area contributed by atoms with Crippen molar-refractivity contribution >= 4 is 65.0 Å². The minimum Gasteiger partial charge on any atom is -0.349 e. The Kier molecular flexibility index (Phi) is 6.35. The van der Waals surface area contributed by atoms with Crippen molar-refractivity contribution in [3.8, 4) is 0 Å². The van der Waals surface area contributed by atoms with Crippen LogP contribution in [0.3, 0.4) is 0 Å². The summed E-state index contributed by atoms with van der Waals surface area (Å²) in [5, 5.41) is 3.99. The Morgan fingerprint density at radius 2 is 2.06 bits per heavy atom. The number of hydrogen-bond donors (Lipinski definition) is 1. The van der Waals surface area contributed by atoms with E-state index in [1.54, 1.807) is 0 Å². The molecule has 2 nitrogen and oxygen atoms in total. The highest BCUT2D eigenvalue weighted by molar-refractivity contribution is 9.12. The van der Waals surface area contributed by atoms with Gasteiger partial charge in [0.2, 0.25) is 0 Å². The first-order valence-corrected chi connectivity index (χ1v) is 9.09. The van der Waals surface area contributed by atoms with Crippen molar-refractivity contribution in [1.82, 2.24) is 5.32 Å². The summed E-state index contributed by atoms with van der Waals surface area (Å²) in [7, 11) is 0. The van der Waals surface area contributed by atoms with E-state index in [-0.39, 0.29) is 17.4 Å². The third-order valence-corrected chi connectivity index (χ3v) is 5.45. The second-order valence-corrected chi connectivity index (χ2v) is 9.65. The Labute approximate surface area is 137 Å². The quantitative estimate of drug-likeness (QED) is 0.613. The van der Waals surface area contributed by atoms with Gasteiger partial charge in [-0.3, -0.25) is 4.79 Å². The zero-order chi connectivity index (χ0) is 13.9. The van der Waals surface area contributed by atoms with E-state index in [9.17, 15) is 4.79 Å². The van der Waals surface area contributed by atoms with E-state index in [1.807, 2.05) is 6.07 Å². The van der Waals surface area contributed by atoms with Crippen LogP contribution in [0.1, 0.15) is 37.6 Å². The van der Waals surface area contributed by atoms with Gasteiger partial charge in [-0.2, -0.15) is 0 Å². The van der Waals surface area contributed by atoms with Crippen LogP contribution in [0, 0.1) is 5.41 Å². The molecule has 1 amide bonds. The van der Waals surface area contributed by atoms with Crippen LogP contribution in [0.25, 0.3) is 0 Å². The van der Waals surface area contributed by atoms with Crippen molar-refractivity contribution < 1.29 is 4.79 Å². The van der Waals surface area contributed by atoms with Crippen molar-refractivity contribution in [2.45, 2.75) is 33.2 Å². The molecule has 18 heavy (non-hydrogen) atoms. The number of rotatable bonds is 4. The van der Waals surface area contributed by atoms with Crippen molar-refractivity contribution in [3.05, 3.63) is 19.2 Å². The van der Waals surface area contributed by atoms with Crippen LogP contribution >= 0.6 is 59.1 Å². The summed E-state index contributed by atoms with van der Waals surface area (Å²) in [6.07, 6.45) is 0.915. The average Bonchev–Trinajstić information content (AvgIpc) is 2.55. The van der Waals surface area contributed by atoms with Gasteiger partial charge < -0.3 is 5.32 Å². The van der Waals surface area contributed by atoms with Gasteiger partial charge in [0, 0.05) is 11.4 Å². The molecule has 0 spiro atoms. The van der Waals surface area contributed by atoms with E-state index in [0.717, 1.165) is 19.3 Å². The van der Waals surface area contributed by atoms with Gasteiger partial charge in [-0.15, -0.1) is 11.3 Å². The number of alkyl halides is 1. The fraction of sp³-hybridized carbons (Fsp3) is 0.583. The number of nitrogens with one attached hydrogen (secondary N) is 1. The molecule has 6 heteroatoms. The fourth-order valence-electron chi connectivity index (χ4n) is 1.56. The maximum absolute atomic E-state index is 12.2. The van der Waals surface area contributed by atoms with Crippen molar-refractivity contribution in [3.63, 3.8) is 0 Å². The molecule has 1 N–H and O–H groups in total. The predicted molar refractivity (Wildman–Crippen MR) is 88.8 cm³/mol. The lowest BCUT2D eigenvalue weighted by Gasteiger charge is -2.31. The van der Waals surface area contributed by atoms with Gasteiger partial charge in [-0.05, 0) is 49.8 Å². The molecular formula is C12H16Br3NOS. The van der Waals surface area contributed by atoms with Gasteiger partial charge in [0.15, 0.2) is 0 Å². The van der Waals surface area contributed by atoms with Crippen molar-refractivity contribution in [2.75, 3.05) is 5.33 Å². The lowest BCUT2D eigenvalue weighted by Crippen LogP contribution is -2.44. The number of amides is 1. The number of halogens is 3. The fourth-order valence-corrected chi connectivity index (χ4v) is 4.81. The summed E-state index contributed by atoms with van der Waals surface area (Å²) < 4.78 is 1.81. The molecule has 0 saturated heterocycles. The summed E-state index contributed by atoms with van der Waals surface area (Å²) >= 11 is 11.8. The molecule has 0 fully saturated rings. The maximum atomic E-state index is 12.2. The number of thiophene rings is 1. The molecule has 0 radical (unpaired) electrons. The highest BCUT2D eigenvalue weighted by Crippen LogP contribution is 2.32. The monoisotopic (exact) mass is 459 g/mol.